The van der Waals surface area contributed by atoms with Crippen molar-refractivity contribution in [3.8, 4) is 0 Å². The van der Waals surface area contributed by atoms with Gasteiger partial charge in [0.1, 0.15) is 0 Å². The van der Waals surface area contributed by atoms with Crippen molar-refractivity contribution >= 4 is 15.7 Å². The molecular formula is C12H16N2O2S. The van der Waals surface area contributed by atoms with Gasteiger partial charge in [-0.1, -0.05) is 12.1 Å². The first-order valence-corrected chi connectivity index (χ1v) is 7.51. The highest BCUT2D eigenvalue weighted by Crippen LogP contribution is 2.37. The number of anilines is 1. The van der Waals surface area contributed by atoms with E-state index in [0.29, 0.717) is 0 Å². The molecule has 0 radical (unpaired) electrons. The van der Waals surface area contributed by atoms with Gasteiger partial charge in [-0.2, -0.15) is 0 Å². The lowest BCUT2D eigenvalue weighted by Gasteiger charge is -2.14. The van der Waals surface area contributed by atoms with E-state index in [1.54, 1.807) is 0 Å². The Bertz CT molecular complexity index is 550. The third-order valence-corrected chi connectivity index (χ3v) is 5.54. The van der Waals surface area contributed by atoms with Crippen LogP contribution in [-0.2, 0) is 16.4 Å². The Hall–Kier alpha value is -1.07. The number of sulfonamides is 1. The molecule has 1 atom stereocenters. The Balaban J connectivity index is 1.87. The predicted molar refractivity (Wildman–Crippen MR) is 67.0 cm³/mol. The second kappa shape index (κ2) is 3.71. The maximum Gasteiger partial charge on any atom is 0.215 e. The van der Waals surface area contributed by atoms with Crippen molar-refractivity contribution in [1.29, 1.82) is 0 Å². The van der Waals surface area contributed by atoms with E-state index < -0.39 is 10.0 Å². The van der Waals surface area contributed by atoms with Crippen LogP contribution in [0.4, 0.5) is 5.69 Å². The Labute approximate surface area is 101 Å². The van der Waals surface area contributed by atoms with Crippen LogP contribution in [0.1, 0.15) is 36.4 Å². The molecule has 0 aromatic heterocycles. The van der Waals surface area contributed by atoms with E-state index in [-0.39, 0.29) is 11.3 Å². The largest absolute Gasteiger partial charge is 0.398 e. The topological polar surface area (TPSA) is 72.2 Å². The summed E-state index contributed by atoms with van der Waals surface area (Å²) in [5.41, 5.74) is 8.82. The number of nitrogen functional groups attached to an aromatic ring is 1. The zero-order valence-electron chi connectivity index (χ0n) is 9.52. The molecule has 2 aliphatic carbocycles. The summed E-state index contributed by atoms with van der Waals surface area (Å²) >= 11 is 0. The van der Waals surface area contributed by atoms with Crippen LogP contribution in [0.25, 0.3) is 0 Å². The van der Waals surface area contributed by atoms with Crippen molar-refractivity contribution in [2.24, 2.45) is 0 Å². The summed E-state index contributed by atoms with van der Waals surface area (Å²) in [6.45, 7) is 0. The molecular weight excluding hydrogens is 236 g/mol. The second-order valence-corrected chi connectivity index (χ2v) is 6.86. The van der Waals surface area contributed by atoms with Gasteiger partial charge in [-0.3, -0.25) is 0 Å². The highest BCUT2D eigenvalue weighted by molar-refractivity contribution is 7.90. The van der Waals surface area contributed by atoms with Crippen molar-refractivity contribution in [3.63, 3.8) is 0 Å². The summed E-state index contributed by atoms with van der Waals surface area (Å²) in [5.74, 6) is 0. The van der Waals surface area contributed by atoms with Gasteiger partial charge in [0.25, 0.3) is 0 Å². The summed E-state index contributed by atoms with van der Waals surface area (Å²) in [5, 5.41) is -0.160. The summed E-state index contributed by atoms with van der Waals surface area (Å²) < 4.78 is 26.6. The molecule has 3 rings (SSSR count). The van der Waals surface area contributed by atoms with Gasteiger partial charge in [0.2, 0.25) is 10.0 Å². The highest BCUT2D eigenvalue weighted by atomic mass is 32.2. The van der Waals surface area contributed by atoms with Crippen molar-refractivity contribution in [3.05, 3.63) is 29.3 Å². The summed E-state index contributed by atoms with van der Waals surface area (Å²) in [7, 11) is -3.12. The van der Waals surface area contributed by atoms with Gasteiger partial charge in [0, 0.05) is 11.7 Å². The van der Waals surface area contributed by atoms with E-state index in [4.69, 9.17) is 5.73 Å². The maximum absolute atomic E-state index is 11.9. The standard InChI is InChI=1S/C12H16N2O2S/c13-11-3-1-2-10-9(11)6-7-12(10)14-17(15,16)8-4-5-8/h1-3,8,12,14H,4-7,13H2. The van der Waals surface area contributed by atoms with Crippen LogP contribution in [-0.4, -0.2) is 13.7 Å². The molecule has 1 aromatic carbocycles. The fourth-order valence-electron chi connectivity index (χ4n) is 2.48. The molecule has 1 aromatic rings. The van der Waals surface area contributed by atoms with Gasteiger partial charge in [0.05, 0.1) is 5.25 Å². The molecule has 0 saturated heterocycles. The van der Waals surface area contributed by atoms with Crippen LogP contribution in [0, 0.1) is 0 Å². The number of hydrogen-bond acceptors (Lipinski definition) is 3. The van der Waals surface area contributed by atoms with Crippen LogP contribution in [0.2, 0.25) is 0 Å². The molecule has 92 valence electrons. The zero-order valence-corrected chi connectivity index (χ0v) is 10.3. The van der Waals surface area contributed by atoms with Crippen LogP contribution in [0.15, 0.2) is 18.2 Å². The fourth-order valence-corrected chi connectivity index (χ4v) is 4.07. The van der Waals surface area contributed by atoms with Gasteiger partial charge in [-0.15, -0.1) is 0 Å². The first-order chi connectivity index (χ1) is 8.08. The van der Waals surface area contributed by atoms with Gasteiger partial charge in [0.15, 0.2) is 0 Å². The minimum absolute atomic E-state index is 0.0842. The van der Waals surface area contributed by atoms with E-state index in [1.807, 2.05) is 18.2 Å². The number of nitrogens with two attached hydrogens (primary N) is 1. The van der Waals surface area contributed by atoms with Crippen molar-refractivity contribution < 1.29 is 8.42 Å². The van der Waals surface area contributed by atoms with Crippen LogP contribution in [0.5, 0.6) is 0 Å². The average Bonchev–Trinajstić information content (AvgIpc) is 3.05. The van der Waals surface area contributed by atoms with Crippen LogP contribution >= 0.6 is 0 Å². The Kier molecular flexibility index (Phi) is 2.41. The molecule has 3 N–H and O–H groups in total. The fraction of sp³-hybridized carbons (Fsp3) is 0.500. The lowest BCUT2D eigenvalue weighted by molar-refractivity contribution is 0.553. The summed E-state index contributed by atoms with van der Waals surface area (Å²) in [6, 6.07) is 5.65. The molecule has 4 nitrogen and oxygen atoms in total. The number of rotatable bonds is 3. The molecule has 1 fully saturated rings. The van der Waals surface area contributed by atoms with E-state index in [1.165, 1.54) is 0 Å². The van der Waals surface area contributed by atoms with Gasteiger partial charge in [-0.25, -0.2) is 13.1 Å². The number of nitrogens with one attached hydrogen (secondary N) is 1. The number of fused-ring (bicyclic) bond motifs is 1. The summed E-state index contributed by atoms with van der Waals surface area (Å²) in [4.78, 5) is 0. The van der Waals surface area contributed by atoms with E-state index in [0.717, 1.165) is 42.5 Å². The van der Waals surface area contributed by atoms with Gasteiger partial charge >= 0.3 is 0 Å². The first kappa shape index (κ1) is 11.0. The van der Waals surface area contributed by atoms with Crippen molar-refractivity contribution in [2.75, 3.05) is 5.73 Å². The Morgan fingerprint density at radius 3 is 2.71 bits per heavy atom. The SMILES string of the molecule is Nc1cccc2c1CCC2NS(=O)(=O)C1CC1. The molecule has 17 heavy (non-hydrogen) atoms. The van der Waals surface area contributed by atoms with Gasteiger partial charge in [-0.05, 0) is 42.9 Å². The monoisotopic (exact) mass is 252 g/mol. The zero-order chi connectivity index (χ0) is 12.0. The molecule has 0 aliphatic heterocycles. The molecule has 1 unspecified atom stereocenters. The molecule has 2 aliphatic rings. The minimum atomic E-state index is -3.12. The van der Waals surface area contributed by atoms with Crippen LogP contribution in [0.3, 0.4) is 0 Å². The molecule has 5 heteroatoms. The van der Waals surface area contributed by atoms with E-state index in [9.17, 15) is 8.42 Å². The lowest BCUT2D eigenvalue weighted by Crippen LogP contribution is -2.30. The molecule has 0 spiro atoms. The highest BCUT2D eigenvalue weighted by Gasteiger charge is 2.38. The smallest absolute Gasteiger partial charge is 0.215 e. The quantitative estimate of drug-likeness (QED) is 0.797. The third kappa shape index (κ3) is 1.93. The van der Waals surface area contributed by atoms with Crippen molar-refractivity contribution in [2.45, 2.75) is 37.0 Å². The van der Waals surface area contributed by atoms with Gasteiger partial charge < -0.3 is 5.73 Å². The molecule has 0 heterocycles. The third-order valence-electron chi connectivity index (χ3n) is 3.58. The molecule has 0 bridgehead atoms. The first-order valence-electron chi connectivity index (χ1n) is 5.96. The second-order valence-electron chi connectivity index (χ2n) is 4.87. The molecule has 0 amide bonds. The van der Waals surface area contributed by atoms with Crippen molar-refractivity contribution in [1.82, 2.24) is 4.72 Å². The number of benzene rings is 1. The lowest BCUT2D eigenvalue weighted by atomic mass is 10.1. The minimum Gasteiger partial charge on any atom is -0.398 e. The van der Waals surface area contributed by atoms with E-state index >= 15 is 0 Å². The Morgan fingerprint density at radius 1 is 1.24 bits per heavy atom. The maximum atomic E-state index is 11.9. The average molecular weight is 252 g/mol. The normalized spacial score (nSPS) is 23.6. The summed E-state index contributed by atoms with van der Waals surface area (Å²) in [6.07, 6.45) is 3.27. The Morgan fingerprint density at radius 2 is 2.00 bits per heavy atom. The number of hydrogen-bond donors (Lipinski definition) is 2. The van der Waals surface area contributed by atoms with Crippen LogP contribution < -0.4 is 10.5 Å². The molecule has 1 saturated carbocycles. The van der Waals surface area contributed by atoms with E-state index in [2.05, 4.69) is 4.72 Å². The predicted octanol–water partition coefficient (Wildman–Crippen LogP) is 1.34.